The molecule has 2 aromatic carbocycles. The van der Waals surface area contributed by atoms with E-state index >= 15 is 0 Å². The Hall–Kier alpha value is -3.46. The predicted molar refractivity (Wildman–Crippen MR) is 120 cm³/mol. The van der Waals surface area contributed by atoms with E-state index in [0.717, 1.165) is 16.7 Å². The predicted octanol–water partition coefficient (Wildman–Crippen LogP) is 3.19. The van der Waals surface area contributed by atoms with E-state index in [9.17, 15) is 23.6 Å². The fourth-order valence-corrected chi connectivity index (χ4v) is 3.89. The molecule has 1 heterocycles. The molecule has 7 nitrogen and oxygen atoms in total. The van der Waals surface area contributed by atoms with Gasteiger partial charge in [0.05, 0.1) is 4.91 Å². The standard InChI is InChI=1S/C23H22FN3O4S/c1-15(26-21(29)16-7-3-2-4-8-16)13-20(28)25-11-12-27-22(30)19(32-23(27)31)14-17-9-5-6-10-18(17)24/h2-10,14-15H,11-13H2,1H3,(H,25,28)(H,26,29). The van der Waals surface area contributed by atoms with Crippen LogP contribution in [0.3, 0.4) is 0 Å². The summed E-state index contributed by atoms with van der Waals surface area (Å²) in [5.74, 6) is -1.61. The maximum Gasteiger partial charge on any atom is 0.293 e. The van der Waals surface area contributed by atoms with Crippen LogP contribution in [0.4, 0.5) is 9.18 Å². The summed E-state index contributed by atoms with van der Waals surface area (Å²) in [6.07, 6.45) is 1.39. The third-order valence-electron chi connectivity index (χ3n) is 4.63. The minimum Gasteiger partial charge on any atom is -0.354 e. The van der Waals surface area contributed by atoms with Gasteiger partial charge in [-0.05, 0) is 43.0 Å². The molecule has 1 aliphatic rings. The molecule has 0 bridgehead atoms. The Bertz CT molecular complexity index is 1060. The molecule has 1 unspecified atom stereocenters. The van der Waals surface area contributed by atoms with Gasteiger partial charge in [0.2, 0.25) is 5.91 Å². The third kappa shape index (κ3) is 6.04. The first-order valence-electron chi connectivity index (χ1n) is 9.97. The Labute approximate surface area is 189 Å². The van der Waals surface area contributed by atoms with Crippen molar-refractivity contribution in [3.63, 3.8) is 0 Å². The Kier molecular flexibility index (Phi) is 7.77. The van der Waals surface area contributed by atoms with Crippen molar-refractivity contribution in [2.24, 2.45) is 0 Å². The van der Waals surface area contributed by atoms with Crippen LogP contribution in [0.2, 0.25) is 0 Å². The molecule has 166 valence electrons. The summed E-state index contributed by atoms with van der Waals surface area (Å²) in [7, 11) is 0. The van der Waals surface area contributed by atoms with Crippen LogP contribution >= 0.6 is 11.8 Å². The zero-order valence-electron chi connectivity index (χ0n) is 17.3. The SMILES string of the molecule is CC(CC(=O)NCCN1C(=O)SC(=Cc2ccccc2F)C1=O)NC(=O)c1ccccc1. The lowest BCUT2D eigenvalue weighted by Crippen LogP contribution is -2.40. The maximum absolute atomic E-state index is 13.8. The highest BCUT2D eigenvalue weighted by atomic mass is 32.2. The average molecular weight is 456 g/mol. The monoisotopic (exact) mass is 455 g/mol. The average Bonchev–Trinajstić information content (AvgIpc) is 3.03. The number of hydrogen-bond acceptors (Lipinski definition) is 5. The molecular weight excluding hydrogens is 433 g/mol. The quantitative estimate of drug-likeness (QED) is 0.596. The molecule has 1 atom stereocenters. The van der Waals surface area contributed by atoms with Crippen molar-refractivity contribution in [3.8, 4) is 0 Å². The second-order valence-electron chi connectivity index (χ2n) is 7.15. The summed E-state index contributed by atoms with van der Waals surface area (Å²) >= 11 is 0.731. The second-order valence-corrected chi connectivity index (χ2v) is 8.14. The van der Waals surface area contributed by atoms with E-state index in [1.54, 1.807) is 43.3 Å². The van der Waals surface area contributed by atoms with Crippen molar-refractivity contribution in [1.29, 1.82) is 0 Å². The Morgan fingerprint density at radius 1 is 1.09 bits per heavy atom. The highest BCUT2D eigenvalue weighted by Crippen LogP contribution is 2.32. The number of nitrogens with zero attached hydrogens (tertiary/aromatic N) is 1. The minimum atomic E-state index is -0.527. The molecule has 0 saturated carbocycles. The molecule has 0 aliphatic carbocycles. The number of amides is 4. The zero-order valence-corrected chi connectivity index (χ0v) is 18.2. The summed E-state index contributed by atoms with van der Waals surface area (Å²) in [6.45, 7) is 1.78. The molecule has 0 radical (unpaired) electrons. The topological polar surface area (TPSA) is 95.6 Å². The van der Waals surface area contributed by atoms with E-state index < -0.39 is 23.0 Å². The van der Waals surface area contributed by atoms with Crippen LogP contribution in [-0.4, -0.2) is 47.0 Å². The molecule has 2 N–H and O–H groups in total. The highest BCUT2D eigenvalue weighted by Gasteiger charge is 2.34. The molecule has 3 rings (SSSR count). The largest absolute Gasteiger partial charge is 0.354 e. The van der Waals surface area contributed by atoms with Crippen LogP contribution < -0.4 is 10.6 Å². The molecule has 1 saturated heterocycles. The molecular formula is C23H22FN3O4S. The van der Waals surface area contributed by atoms with Gasteiger partial charge in [0.25, 0.3) is 17.1 Å². The lowest BCUT2D eigenvalue weighted by molar-refractivity contribution is -0.124. The van der Waals surface area contributed by atoms with E-state index in [0.29, 0.717) is 5.56 Å². The fourth-order valence-electron chi connectivity index (χ4n) is 3.03. The highest BCUT2D eigenvalue weighted by molar-refractivity contribution is 8.18. The van der Waals surface area contributed by atoms with Crippen LogP contribution in [0.15, 0.2) is 59.5 Å². The molecule has 2 aromatic rings. The fraction of sp³-hybridized carbons (Fsp3) is 0.217. The maximum atomic E-state index is 13.8. The number of benzene rings is 2. The number of rotatable bonds is 8. The number of halogens is 1. The van der Waals surface area contributed by atoms with Gasteiger partial charge in [0, 0.05) is 36.7 Å². The van der Waals surface area contributed by atoms with Crippen molar-refractivity contribution in [2.75, 3.05) is 13.1 Å². The van der Waals surface area contributed by atoms with Crippen molar-refractivity contribution < 1.29 is 23.6 Å². The number of nitrogens with one attached hydrogen (secondary N) is 2. The molecule has 4 amide bonds. The summed E-state index contributed by atoms with van der Waals surface area (Å²) in [5, 5.41) is 4.91. The van der Waals surface area contributed by atoms with Gasteiger partial charge in [-0.2, -0.15) is 0 Å². The van der Waals surface area contributed by atoms with E-state index in [-0.39, 0.29) is 41.8 Å². The Balaban J connectivity index is 1.46. The first kappa shape index (κ1) is 23.2. The smallest absolute Gasteiger partial charge is 0.293 e. The van der Waals surface area contributed by atoms with Gasteiger partial charge in [0.1, 0.15) is 5.82 Å². The van der Waals surface area contributed by atoms with Crippen molar-refractivity contribution in [2.45, 2.75) is 19.4 Å². The first-order chi connectivity index (χ1) is 15.3. The van der Waals surface area contributed by atoms with Crippen molar-refractivity contribution in [3.05, 3.63) is 76.4 Å². The summed E-state index contributed by atoms with van der Waals surface area (Å²) in [5.41, 5.74) is 0.723. The van der Waals surface area contributed by atoms with Gasteiger partial charge in [-0.25, -0.2) is 4.39 Å². The Morgan fingerprint density at radius 3 is 2.50 bits per heavy atom. The zero-order chi connectivity index (χ0) is 23.1. The van der Waals surface area contributed by atoms with E-state index in [1.165, 1.54) is 24.3 Å². The van der Waals surface area contributed by atoms with Crippen LogP contribution in [-0.2, 0) is 9.59 Å². The summed E-state index contributed by atoms with van der Waals surface area (Å²) < 4.78 is 13.8. The van der Waals surface area contributed by atoms with Crippen LogP contribution in [0.1, 0.15) is 29.3 Å². The Morgan fingerprint density at radius 2 is 1.78 bits per heavy atom. The third-order valence-corrected chi connectivity index (χ3v) is 5.54. The number of carbonyl (C=O) groups is 4. The number of imide groups is 1. The molecule has 0 spiro atoms. The van der Waals surface area contributed by atoms with E-state index in [4.69, 9.17) is 0 Å². The van der Waals surface area contributed by atoms with Gasteiger partial charge in [0.15, 0.2) is 0 Å². The summed E-state index contributed by atoms with van der Waals surface area (Å²) in [6, 6.07) is 14.2. The van der Waals surface area contributed by atoms with Crippen LogP contribution in [0.5, 0.6) is 0 Å². The molecule has 0 aromatic heterocycles. The number of thioether (sulfide) groups is 1. The van der Waals surface area contributed by atoms with E-state index in [1.807, 2.05) is 0 Å². The molecule has 1 aliphatic heterocycles. The van der Waals surface area contributed by atoms with Crippen molar-refractivity contribution >= 4 is 40.8 Å². The molecule has 32 heavy (non-hydrogen) atoms. The lowest BCUT2D eigenvalue weighted by Gasteiger charge is -2.15. The second kappa shape index (κ2) is 10.7. The van der Waals surface area contributed by atoms with Gasteiger partial charge < -0.3 is 10.6 Å². The normalized spacial score (nSPS) is 15.7. The van der Waals surface area contributed by atoms with Gasteiger partial charge in [-0.1, -0.05) is 36.4 Å². The lowest BCUT2D eigenvalue weighted by atomic mass is 10.1. The van der Waals surface area contributed by atoms with Crippen molar-refractivity contribution in [1.82, 2.24) is 15.5 Å². The molecule has 9 heteroatoms. The van der Waals surface area contributed by atoms with E-state index in [2.05, 4.69) is 10.6 Å². The van der Waals surface area contributed by atoms with Gasteiger partial charge in [-0.3, -0.25) is 24.1 Å². The number of carbonyl (C=O) groups excluding carboxylic acids is 4. The van der Waals surface area contributed by atoms with Crippen LogP contribution in [0.25, 0.3) is 6.08 Å². The number of hydrogen-bond donors (Lipinski definition) is 2. The first-order valence-corrected chi connectivity index (χ1v) is 10.8. The minimum absolute atomic E-state index is 0.00419. The van der Waals surface area contributed by atoms with Gasteiger partial charge in [-0.15, -0.1) is 0 Å². The van der Waals surface area contributed by atoms with Crippen LogP contribution in [0, 0.1) is 5.82 Å². The molecule has 1 fully saturated rings. The van der Waals surface area contributed by atoms with Gasteiger partial charge >= 0.3 is 0 Å². The summed E-state index contributed by atoms with van der Waals surface area (Å²) in [4.78, 5) is 50.0.